The van der Waals surface area contributed by atoms with Crippen molar-refractivity contribution in [2.75, 3.05) is 18.8 Å². The summed E-state index contributed by atoms with van der Waals surface area (Å²) < 4.78 is 0. The number of nitrogens with zero attached hydrogens (tertiary/aromatic N) is 1. The molecule has 2 aliphatic carbocycles. The number of thiol groups is 1. The standard InChI is InChI=1S/C16H29NS/c18-13-16(9-2-1-3-10-16)12-17-11-5-7-14-6-4-8-15(14)17/h14-15,18H,1-13H2. The van der Waals surface area contributed by atoms with E-state index in [1.807, 2.05) is 0 Å². The largest absolute Gasteiger partial charge is 0.300 e. The Kier molecular flexibility index (Phi) is 4.25. The van der Waals surface area contributed by atoms with Crippen LogP contribution >= 0.6 is 12.6 Å². The molecule has 0 N–H and O–H groups in total. The maximum atomic E-state index is 4.72. The van der Waals surface area contributed by atoms with Crippen LogP contribution in [0, 0.1) is 11.3 Å². The van der Waals surface area contributed by atoms with Crippen LogP contribution in [0.2, 0.25) is 0 Å². The first kappa shape index (κ1) is 13.3. The first-order valence-corrected chi connectivity index (χ1v) is 8.81. The van der Waals surface area contributed by atoms with Crippen molar-refractivity contribution in [2.45, 2.75) is 70.3 Å². The molecule has 2 heteroatoms. The lowest BCUT2D eigenvalue weighted by molar-refractivity contribution is 0.0508. The van der Waals surface area contributed by atoms with Gasteiger partial charge in [0.05, 0.1) is 0 Å². The molecule has 0 aromatic carbocycles. The van der Waals surface area contributed by atoms with Crippen molar-refractivity contribution in [1.29, 1.82) is 0 Å². The molecule has 1 aliphatic heterocycles. The quantitative estimate of drug-likeness (QED) is 0.753. The maximum absolute atomic E-state index is 4.72. The molecule has 0 bridgehead atoms. The minimum absolute atomic E-state index is 0.561. The third-order valence-corrected chi connectivity index (χ3v) is 6.57. The summed E-state index contributed by atoms with van der Waals surface area (Å²) in [6.07, 6.45) is 14.7. The highest BCUT2D eigenvalue weighted by Gasteiger charge is 2.39. The normalized spacial score (nSPS) is 36.5. The molecule has 0 radical (unpaired) electrons. The number of likely N-dealkylation sites (tertiary alicyclic amines) is 1. The van der Waals surface area contributed by atoms with E-state index in [1.54, 1.807) is 0 Å². The van der Waals surface area contributed by atoms with Crippen molar-refractivity contribution in [3.8, 4) is 0 Å². The van der Waals surface area contributed by atoms with E-state index in [0.717, 1.165) is 17.7 Å². The lowest BCUT2D eigenvalue weighted by Crippen LogP contribution is -2.49. The molecule has 3 fully saturated rings. The SMILES string of the molecule is SCC1(CN2CCCC3CCCC32)CCCCC1. The number of fused-ring (bicyclic) bond motifs is 1. The Morgan fingerprint density at radius 3 is 2.50 bits per heavy atom. The van der Waals surface area contributed by atoms with Gasteiger partial charge in [0.1, 0.15) is 0 Å². The van der Waals surface area contributed by atoms with Crippen molar-refractivity contribution >= 4 is 12.6 Å². The van der Waals surface area contributed by atoms with Crippen LogP contribution in [-0.4, -0.2) is 29.8 Å². The van der Waals surface area contributed by atoms with E-state index >= 15 is 0 Å². The summed E-state index contributed by atoms with van der Waals surface area (Å²) >= 11 is 4.72. The second-order valence-corrected chi connectivity index (χ2v) is 7.41. The van der Waals surface area contributed by atoms with E-state index in [4.69, 9.17) is 12.6 Å². The van der Waals surface area contributed by atoms with E-state index in [1.165, 1.54) is 77.3 Å². The minimum Gasteiger partial charge on any atom is -0.300 e. The predicted octanol–water partition coefficient (Wildman–Crippen LogP) is 4.13. The van der Waals surface area contributed by atoms with Crippen LogP contribution in [0.3, 0.4) is 0 Å². The molecule has 104 valence electrons. The molecule has 0 aromatic heterocycles. The molecule has 18 heavy (non-hydrogen) atoms. The van der Waals surface area contributed by atoms with Gasteiger partial charge in [0.25, 0.3) is 0 Å². The molecule has 2 atom stereocenters. The van der Waals surface area contributed by atoms with Crippen LogP contribution in [0.4, 0.5) is 0 Å². The van der Waals surface area contributed by atoms with Gasteiger partial charge in [-0.1, -0.05) is 25.7 Å². The fourth-order valence-corrected chi connectivity index (χ4v) is 5.27. The Morgan fingerprint density at radius 2 is 1.72 bits per heavy atom. The summed E-state index contributed by atoms with van der Waals surface area (Å²) in [5, 5.41) is 0. The van der Waals surface area contributed by atoms with E-state index in [0.29, 0.717) is 5.41 Å². The Hall–Kier alpha value is 0.310. The summed E-state index contributed by atoms with van der Waals surface area (Å²) in [6, 6.07) is 0.942. The summed E-state index contributed by atoms with van der Waals surface area (Å²) in [5.74, 6) is 2.15. The average Bonchev–Trinajstić information content (AvgIpc) is 2.89. The van der Waals surface area contributed by atoms with Crippen LogP contribution in [0.25, 0.3) is 0 Å². The van der Waals surface area contributed by atoms with Gasteiger partial charge in [-0.2, -0.15) is 12.6 Å². The Labute approximate surface area is 118 Å². The molecule has 3 aliphatic rings. The van der Waals surface area contributed by atoms with Gasteiger partial charge in [-0.05, 0) is 62.2 Å². The first-order chi connectivity index (χ1) is 8.83. The summed E-state index contributed by atoms with van der Waals surface area (Å²) in [5.41, 5.74) is 0.561. The third-order valence-electron chi connectivity index (χ3n) is 5.90. The lowest BCUT2D eigenvalue weighted by atomic mass is 9.74. The number of rotatable bonds is 3. The van der Waals surface area contributed by atoms with Gasteiger partial charge in [0.15, 0.2) is 0 Å². The van der Waals surface area contributed by atoms with Crippen LogP contribution in [0.5, 0.6) is 0 Å². The van der Waals surface area contributed by atoms with E-state index < -0.39 is 0 Å². The third kappa shape index (κ3) is 2.60. The topological polar surface area (TPSA) is 3.24 Å². The van der Waals surface area contributed by atoms with Gasteiger partial charge in [-0.15, -0.1) is 0 Å². The van der Waals surface area contributed by atoms with E-state index in [9.17, 15) is 0 Å². The van der Waals surface area contributed by atoms with Crippen LogP contribution in [0.1, 0.15) is 64.2 Å². The Bertz CT molecular complexity index is 272. The molecule has 1 saturated heterocycles. The van der Waals surface area contributed by atoms with Crippen LogP contribution in [-0.2, 0) is 0 Å². The van der Waals surface area contributed by atoms with Crippen molar-refractivity contribution in [2.24, 2.45) is 11.3 Å². The first-order valence-electron chi connectivity index (χ1n) is 8.18. The van der Waals surface area contributed by atoms with Crippen LogP contribution in [0.15, 0.2) is 0 Å². The van der Waals surface area contributed by atoms with Gasteiger partial charge in [0, 0.05) is 12.6 Å². The predicted molar refractivity (Wildman–Crippen MR) is 81.3 cm³/mol. The summed E-state index contributed by atoms with van der Waals surface area (Å²) in [4.78, 5) is 2.88. The molecule has 2 saturated carbocycles. The smallest absolute Gasteiger partial charge is 0.0124 e. The summed E-state index contributed by atoms with van der Waals surface area (Å²) in [6.45, 7) is 2.73. The minimum atomic E-state index is 0.561. The zero-order chi connectivity index (χ0) is 12.4. The molecular formula is C16H29NS. The molecule has 2 unspecified atom stereocenters. The molecule has 0 amide bonds. The Balaban J connectivity index is 1.66. The number of hydrogen-bond acceptors (Lipinski definition) is 2. The monoisotopic (exact) mass is 267 g/mol. The van der Waals surface area contributed by atoms with Crippen molar-refractivity contribution in [3.05, 3.63) is 0 Å². The fourth-order valence-electron chi connectivity index (χ4n) is 4.85. The second-order valence-electron chi connectivity index (χ2n) is 7.09. The Morgan fingerprint density at radius 1 is 0.944 bits per heavy atom. The van der Waals surface area contributed by atoms with E-state index in [-0.39, 0.29) is 0 Å². The van der Waals surface area contributed by atoms with Crippen molar-refractivity contribution in [3.63, 3.8) is 0 Å². The molecular weight excluding hydrogens is 238 g/mol. The van der Waals surface area contributed by atoms with Crippen molar-refractivity contribution in [1.82, 2.24) is 4.90 Å². The highest BCUT2D eigenvalue weighted by molar-refractivity contribution is 7.80. The van der Waals surface area contributed by atoms with Gasteiger partial charge < -0.3 is 0 Å². The molecule has 1 nitrogen and oxygen atoms in total. The number of piperidine rings is 1. The zero-order valence-corrected chi connectivity index (χ0v) is 12.6. The van der Waals surface area contributed by atoms with E-state index in [2.05, 4.69) is 4.90 Å². The van der Waals surface area contributed by atoms with Gasteiger partial charge in [-0.25, -0.2) is 0 Å². The highest BCUT2D eigenvalue weighted by atomic mass is 32.1. The molecule has 3 rings (SSSR count). The molecule has 0 spiro atoms. The number of hydrogen-bond donors (Lipinski definition) is 1. The zero-order valence-electron chi connectivity index (χ0n) is 11.7. The molecule has 1 heterocycles. The fraction of sp³-hybridized carbons (Fsp3) is 1.00. The van der Waals surface area contributed by atoms with Gasteiger partial charge in [-0.3, -0.25) is 4.90 Å². The summed E-state index contributed by atoms with van der Waals surface area (Å²) in [7, 11) is 0. The molecule has 0 aromatic rings. The second kappa shape index (κ2) is 5.75. The van der Waals surface area contributed by atoms with Crippen molar-refractivity contribution < 1.29 is 0 Å². The highest BCUT2D eigenvalue weighted by Crippen LogP contribution is 2.42. The average molecular weight is 267 g/mol. The van der Waals surface area contributed by atoms with Gasteiger partial charge >= 0.3 is 0 Å². The van der Waals surface area contributed by atoms with Crippen LogP contribution < -0.4 is 0 Å². The maximum Gasteiger partial charge on any atom is 0.0124 e. The lowest BCUT2D eigenvalue weighted by Gasteiger charge is -2.45. The van der Waals surface area contributed by atoms with Gasteiger partial charge in [0.2, 0.25) is 0 Å².